The maximum absolute atomic E-state index is 11.0. The fourth-order valence-corrected chi connectivity index (χ4v) is 1.12. The van der Waals surface area contributed by atoms with Gasteiger partial charge in [0, 0.05) is 31.9 Å². The predicted octanol–water partition coefficient (Wildman–Crippen LogP) is 0.661. The molecule has 0 aliphatic rings. The summed E-state index contributed by atoms with van der Waals surface area (Å²) in [6.07, 6.45) is 5.28. The van der Waals surface area contributed by atoms with E-state index in [2.05, 4.69) is 20.6 Å². The van der Waals surface area contributed by atoms with Crippen molar-refractivity contribution in [3.63, 3.8) is 0 Å². The van der Waals surface area contributed by atoms with Crippen molar-refractivity contribution >= 4 is 6.03 Å². The number of aromatic amines is 1. The predicted molar refractivity (Wildman–Crippen MR) is 54.0 cm³/mol. The molecule has 0 bridgehead atoms. The molecule has 1 rings (SSSR count). The minimum absolute atomic E-state index is 0.105. The highest BCUT2D eigenvalue weighted by Crippen LogP contribution is 1.92. The van der Waals surface area contributed by atoms with Crippen molar-refractivity contribution in [1.29, 1.82) is 0 Å². The van der Waals surface area contributed by atoms with Crippen LogP contribution in [0.1, 0.15) is 19.2 Å². The highest BCUT2D eigenvalue weighted by atomic mass is 16.2. The standard InChI is InChI=1S/C9H16N4O/c1-2-10-9(14)13-5-3-4-8-11-6-7-12-8/h6-7H,2-5H2,1H3,(H,11,12)(H2,10,13,14). The monoisotopic (exact) mass is 196 g/mol. The number of nitrogens with one attached hydrogen (secondary N) is 3. The van der Waals surface area contributed by atoms with Crippen molar-refractivity contribution in [3.8, 4) is 0 Å². The molecule has 0 saturated carbocycles. The average molecular weight is 196 g/mol. The Balaban J connectivity index is 2.02. The van der Waals surface area contributed by atoms with E-state index in [9.17, 15) is 4.79 Å². The van der Waals surface area contributed by atoms with Crippen LogP contribution in [-0.2, 0) is 6.42 Å². The van der Waals surface area contributed by atoms with Gasteiger partial charge in [0.25, 0.3) is 0 Å². The van der Waals surface area contributed by atoms with Gasteiger partial charge in [-0.2, -0.15) is 0 Å². The number of hydrogen-bond acceptors (Lipinski definition) is 2. The summed E-state index contributed by atoms with van der Waals surface area (Å²) in [6.45, 7) is 3.22. The summed E-state index contributed by atoms with van der Waals surface area (Å²) >= 11 is 0. The molecule has 5 heteroatoms. The maximum Gasteiger partial charge on any atom is 0.314 e. The molecule has 3 N–H and O–H groups in total. The molecule has 0 radical (unpaired) electrons. The lowest BCUT2D eigenvalue weighted by Crippen LogP contribution is -2.35. The van der Waals surface area contributed by atoms with Crippen molar-refractivity contribution < 1.29 is 4.79 Å². The number of carbonyl (C=O) groups is 1. The van der Waals surface area contributed by atoms with E-state index in [-0.39, 0.29) is 6.03 Å². The number of rotatable bonds is 5. The largest absolute Gasteiger partial charge is 0.349 e. The Morgan fingerprint density at radius 2 is 2.43 bits per heavy atom. The number of H-pyrrole nitrogens is 1. The van der Waals surface area contributed by atoms with Crippen molar-refractivity contribution in [1.82, 2.24) is 20.6 Å². The van der Waals surface area contributed by atoms with Crippen LogP contribution in [0, 0.1) is 0 Å². The first-order chi connectivity index (χ1) is 6.83. The molecule has 2 amide bonds. The second kappa shape index (κ2) is 6.01. The smallest absolute Gasteiger partial charge is 0.314 e. The molecule has 0 aromatic carbocycles. The number of aromatic nitrogens is 2. The lowest BCUT2D eigenvalue weighted by atomic mass is 10.3. The molecule has 1 heterocycles. The van der Waals surface area contributed by atoms with Crippen LogP contribution in [0.3, 0.4) is 0 Å². The van der Waals surface area contributed by atoms with Crippen LogP contribution >= 0.6 is 0 Å². The van der Waals surface area contributed by atoms with Gasteiger partial charge in [0.15, 0.2) is 0 Å². The molecule has 0 atom stereocenters. The van der Waals surface area contributed by atoms with Crippen molar-refractivity contribution in [2.24, 2.45) is 0 Å². The Labute approximate surface area is 83.3 Å². The van der Waals surface area contributed by atoms with Crippen LogP contribution < -0.4 is 10.6 Å². The molecule has 1 aromatic heterocycles. The van der Waals surface area contributed by atoms with Crippen molar-refractivity contribution in [2.75, 3.05) is 13.1 Å². The number of hydrogen-bond donors (Lipinski definition) is 3. The van der Waals surface area contributed by atoms with E-state index in [4.69, 9.17) is 0 Å². The Bertz CT molecular complexity index is 258. The molecule has 0 aliphatic carbocycles. The van der Waals surface area contributed by atoms with Gasteiger partial charge in [-0.05, 0) is 13.3 Å². The zero-order valence-corrected chi connectivity index (χ0v) is 8.34. The van der Waals surface area contributed by atoms with E-state index < -0.39 is 0 Å². The third-order valence-corrected chi connectivity index (χ3v) is 1.77. The van der Waals surface area contributed by atoms with Gasteiger partial charge in [-0.3, -0.25) is 0 Å². The van der Waals surface area contributed by atoms with Crippen LogP contribution in [0.15, 0.2) is 12.4 Å². The summed E-state index contributed by atoms with van der Waals surface area (Å²) in [7, 11) is 0. The van der Waals surface area contributed by atoms with E-state index in [1.54, 1.807) is 12.4 Å². The molecular formula is C9H16N4O. The van der Waals surface area contributed by atoms with Crippen LogP contribution in [0.5, 0.6) is 0 Å². The first-order valence-electron chi connectivity index (χ1n) is 4.83. The molecule has 0 spiro atoms. The molecule has 0 fully saturated rings. The Morgan fingerprint density at radius 1 is 1.57 bits per heavy atom. The molecule has 0 unspecified atom stereocenters. The fraction of sp³-hybridized carbons (Fsp3) is 0.556. The first-order valence-corrected chi connectivity index (χ1v) is 4.83. The number of nitrogens with zero attached hydrogens (tertiary/aromatic N) is 1. The topological polar surface area (TPSA) is 69.8 Å². The highest BCUT2D eigenvalue weighted by molar-refractivity contribution is 5.73. The number of imidazole rings is 1. The van der Waals surface area contributed by atoms with Crippen LogP contribution in [-0.4, -0.2) is 29.1 Å². The quantitative estimate of drug-likeness (QED) is 0.605. The van der Waals surface area contributed by atoms with E-state index >= 15 is 0 Å². The van der Waals surface area contributed by atoms with Crippen LogP contribution in [0.25, 0.3) is 0 Å². The molecule has 5 nitrogen and oxygen atoms in total. The summed E-state index contributed by atoms with van der Waals surface area (Å²) in [5.41, 5.74) is 0. The average Bonchev–Trinajstić information content (AvgIpc) is 2.65. The summed E-state index contributed by atoms with van der Waals surface area (Å²) in [6, 6.07) is -0.105. The van der Waals surface area contributed by atoms with Gasteiger partial charge in [0.1, 0.15) is 5.82 Å². The Kier molecular flexibility index (Phi) is 4.54. The second-order valence-corrected chi connectivity index (χ2v) is 2.93. The molecule has 0 aliphatic heterocycles. The normalized spacial score (nSPS) is 9.79. The summed E-state index contributed by atoms with van der Waals surface area (Å²) in [4.78, 5) is 18.1. The highest BCUT2D eigenvalue weighted by Gasteiger charge is 1.97. The van der Waals surface area contributed by atoms with E-state index in [1.165, 1.54) is 0 Å². The Hall–Kier alpha value is -1.52. The second-order valence-electron chi connectivity index (χ2n) is 2.93. The molecule has 0 saturated heterocycles. The number of aryl methyl sites for hydroxylation is 1. The number of amides is 2. The fourth-order valence-electron chi connectivity index (χ4n) is 1.12. The third-order valence-electron chi connectivity index (χ3n) is 1.77. The van der Waals surface area contributed by atoms with Crippen molar-refractivity contribution in [3.05, 3.63) is 18.2 Å². The van der Waals surface area contributed by atoms with Gasteiger partial charge < -0.3 is 15.6 Å². The number of carbonyl (C=O) groups excluding carboxylic acids is 1. The minimum Gasteiger partial charge on any atom is -0.349 e. The van der Waals surface area contributed by atoms with E-state index in [0.717, 1.165) is 18.7 Å². The minimum atomic E-state index is -0.105. The lowest BCUT2D eigenvalue weighted by molar-refractivity contribution is 0.241. The zero-order valence-electron chi connectivity index (χ0n) is 8.34. The van der Waals surface area contributed by atoms with Gasteiger partial charge in [-0.25, -0.2) is 9.78 Å². The van der Waals surface area contributed by atoms with Crippen LogP contribution in [0.2, 0.25) is 0 Å². The molecule has 78 valence electrons. The van der Waals surface area contributed by atoms with Crippen molar-refractivity contribution in [2.45, 2.75) is 19.8 Å². The maximum atomic E-state index is 11.0. The third kappa shape index (κ3) is 3.93. The SMILES string of the molecule is CCNC(=O)NCCCc1ncc[nH]1. The summed E-state index contributed by atoms with van der Waals surface area (Å²) in [5.74, 6) is 0.961. The summed E-state index contributed by atoms with van der Waals surface area (Å²) < 4.78 is 0. The van der Waals surface area contributed by atoms with E-state index in [0.29, 0.717) is 13.1 Å². The summed E-state index contributed by atoms with van der Waals surface area (Å²) in [5, 5.41) is 5.42. The van der Waals surface area contributed by atoms with E-state index in [1.807, 2.05) is 6.92 Å². The first kappa shape index (κ1) is 10.6. The number of urea groups is 1. The molecule has 14 heavy (non-hydrogen) atoms. The van der Waals surface area contributed by atoms with Gasteiger partial charge in [0.2, 0.25) is 0 Å². The molecular weight excluding hydrogens is 180 g/mol. The zero-order chi connectivity index (χ0) is 10.2. The van der Waals surface area contributed by atoms with Gasteiger partial charge >= 0.3 is 6.03 Å². The Morgan fingerprint density at radius 3 is 3.07 bits per heavy atom. The van der Waals surface area contributed by atoms with Gasteiger partial charge in [-0.1, -0.05) is 0 Å². The lowest BCUT2D eigenvalue weighted by Gasteiger charge is -2.04. The van der Waals surface area contributed by atoms with Gasteiger partial charge in [-0.15, -0.1) is 0 Å². The van der Waals surface area contributed by atoms with Crippen LogP contribution in [0.4, 0.5) is 4.79 Å². The van der Waals surface area contributed by atoms with Gasteiger partial charge in [0.05, 0.1) is 0 Å². The molecule has 1 aromatic rings.